The van der Waals surface area contributed by atoms with Crippen LogP contribution in [-0.4, -0.2) is 83.8 Å². The van der Waals surface area contributed by atoms with E-state index in [0.717, 1.165) is 45.0 Å². The molecule has 3 heterocycles. The lowest BCUT2D eigenvalue weighted by Crippen LogP contribution is -2.46. The van der Waals surface area contributed by atoms with E-state index in [1.165, 1.54) is 11.2 Å². The highest BCUT2D eigenvalue weighted by Gasteiger charge is 2.38. The second kappa shape index (κ2) is 8.11. The van der Waals surface area contributed by atoms with Gasteiger partial charge in [0.25, 0.3) is 0 Å². The fraction of sp³-hybridized carbons (Fsp3) is 0.667. The van der Waals surface area contributed by atoms with E-state index in [1.54, 1.807) is 6.20 Å². The molecule has 1 aromatic rings. The Morgan fingerprint density at radius 2 is 2.25 bits per heavy atom. The van der Waals surface area contributed by atoms with Crippen molar-refractivity contribution < 1.29 is 19.1 Å². The average Bonchev–Trinajstić information content (AvgIpc) is 3.24. The summed E-state index contributed by atoms with van der Waals surface area (Å²) < 4.78 is 10.3. The van der Waals surface area contributed by atoms with Crippen LogP contribution in [-0.2, 0) is 20.8 Å². The first kappa shape index (κ1) is 16.7. The minimum absolute atomic E-state index is 0.0856. The number of morpholine rings is 1. The highest BCUT2D eigenvalue weighted by atomic mass is 16.6. The number of nitrogens with one attached hydrogen (secondary N) is 2. The number of ether oxygens (including phenoxy) is 2. The van der Waals surface area contributed by atoms with Crippen molar-refractivity contribution in [2.45, 2.75) is 19.0 Å². The number of nitrogens with zero attached hydrogens (tertiary/aromatic N) is 3. The topological polar surface area (TPSA) is 99.8 Å². The van der Waals surface area contributed by atoms with Crippen molar-refractivity contribution in [3.8, 4) is 0 Å². The fourth-order valence-electron chi connectivity index (χ4n) is 2.85. The zero-order valence-electron chi connectivity index (χ0n) is 13.6. The molecule has 9 heteroatoms. The number of hydrogen-bond acceptors (Lipinski definition) is 6. The number of carbonyl (C=O) groups is 2. The zero-order valence-corrected chi connectivity index (χ0v) is 13.6. The molecule has 2 fully saturated rings. The summed E-state index contributed by atoms with van der Waals surface area (Å²) >= 11 is 0. The van der Waals surface area contributed by atoms with Crippen LogP contribution in [0, 0.1) is 0 Å². The van der Waals surface area contributed by atoms with Gasteiger partial charge in [0.1, 0.15) is 12.6 Å². The number of carbonyl (C=O) groups excluding carboxylic acids is 2. The molecular weight excluding hydrogens is 314 g/mol. The quantitative estimate of drug-likeness (QED) is 0.655. The van der Waals surface area contributed by atoms with E-state index in [0.29, 0.717) is 6.54 Å². The Balaban J connectivity index is 1.42. The minimum atomic E-state index is -0.593. The minimum Gasteiger partial charge on any atom is -0.447 e. The van der Waals surface area contributed by atoms with Crippen LogP contribution in [0.15, 0.2) is 12.5 Å². The molecule has 2 saturated heterocycles. The molecule has 2 amide bonds. The molecule has 0 radical (unpaired) electrons. The average molecular weight is 337 g/mol. The summed E-state index contributed by atoms with van der Waals surface area (Å²) in [5.41, 5.74) is 0.763. The van der Waals surface area contributed by atoms with Crippen LogP contribution < -0.4 is 5.32 Å². The number of imidazole rings is 1. The molecule has 0 saturated carbocycles. The fourth-order valence-corrected chi connectivity index (χ4v) is 2.85. The van der Waals surface area contributed by atoms with Gasteiger partial charge in [-0.1, -0.05) is 0 Å². The number of aromatic amines is 1. The Bertz CT molecular complexity index is 544. The number of amides is 2. The van der Waals surface area contributed by atoms with Crippen LogP contribution in [0.4, 0.5) is 4.79 Å². The molecule has 9 nitrogen and oxygen atoms in total. The molecular formula is C15H23N5O4. The Kier molecular flexibility index (Phi) is 5.65. The predicted octanol–water partition coefficient (Wildman–Crippen LogP) is -0.431. The number of aromatic nitrogens is 2. The Morgan fingerprint density at radius 1 is 1.42 bits per heavy atom. The van der Waals surface area contributed by atoms with E-state index in [4.69, 9.17) is 9.47 Å². The van der Waals surface area contributed by atoms with Crippen molar-refractivity contribution in [3.05, 3.63) is 18.2 Å². The molecule has 2 aliphatic rings. The maximum atomic E-state index is 12.3. The first-order valence-corrected chi connectivity index (χ1v) is 8.22. The maximum Gasteiger partial charge on any atom is 0.411 e. The first-order chi connectivity index (χ1) is 11.7. The Morgan fingerprint density at radius 3 is 3.00 bits per heavy atom. The number of hydrogen-bond donors (Lipinski definition) is 2. The van der Waals surface area contributed by atoms with E-state index < -0.39 is 12.1 Å². The number of cyclic esters (lactones) is 1. The summed E-state index contributed by atoms with van der Waals surface area (Å²) in [7, 11) is 0. The lowest BCUT2D eigenvalue weighted by atomic mass is 10.2. The highest BCUT2D eigenvalue weighted by molar-refractivity contribution is 5.87. The van der Waals surface area contributed by atoms with Gasteiger partial charge >= 0.3 is 6.09 Å². The summed E-state index contributed by atoms with van der Waals surface area (Å²) in [6.07, 6.45) is 3.56. The Hall–Kier alpha value is -2.13. The van der Waals surface area contributed by atoms with Crippen LogP contribution in [0.25, 0.3) is 0 Å². The molecule has 0 spiro atoms. The van der Waals surface area contributed by atoms with Crippen LogP contribution in [0.1, 0.15) is 12.1 Å². The predicted molar refractivity (Wildman–Crippen MR) is 84.2 cm³/mol. The third kappa shape index (κ3) is 4.24. The lowest BCUT2D eigenvalue weighted by molar-refractivity contribution is -0.125. The second-order valence-corrected chi connectivity index (χ2v) is 5.90. The normalized spacial score (nSPS) is 21.8. The maximum absolute atomic E-state index is 12.3. The number of H-pyrrole nitrogens is 1. The molecule has 132 valence electrons. The van der Waals surface area contributed by atoms with E-state index in [9.17, 15) is 9.59 Å². The van der Waals surface area contributed by atoms with Crippen LogP contribution in [0.3, 0.4) is 0 Å². The van der Waals surface area contributed by atoms with Gasteiger partial charge in [-0.05, 0) is 13.0 Å². The van der Waals surface area contributed by atoms with Crippen molar-refractivity contribution in [1.29, 1.82) is 0 Å². The van der Waals surface area contributed by atoms with Gasteiger partial charge < -0.3 is 19.8 Å². The van der Waals surface area contributed by atoms with Gasteiger partial charge in [-0.15, -0.1) is 0 Å². The van der Waals surface area contributed by atoms with Crippen molar-refractivity contribution in [2.75, 3.05) is 46.0 Å². The third-order valence-electron chi connectivity index (χ3n) is 4.23. The van der Waals surface area contributed by atoms with E-state index in [-0.39, 0.29) is 19.1 Å². The molecule has 2 aliphatic heterocycles. The van der Waals surface area contributed by atoms with Crippen LogP contribution in [0.2, 0.25) is 0 Å². The first-order valence-electron chi connectivity index (χ1n) is 8.22. The largest absolute Gasteiger partial charge is 0.447 e. The summed E-state index contributed by atoms with van der Waals surface area (Å²) in [4.78, 5) is 34.7. The van der Waals surface area contributed by atoms with Gasteiger partial charge in [0.15, 0.2) is 0 Å². The van der Waals surface area contributed by atoms with E-state index in [2.05, 4.69) is 20.2 Å². The van der Waals surface area contributed by atoms with Gasteiger partial charge in [0.2, 0.25) is 5.91 Å². The van der Waals surface area contributed by atoms with Crippen molar-refractivity contribution in [2.24, 2.45) is 0 Å². The molecule has 24 heavy (non-hydrogen) atoms. The summed E-state index contributed by atoms with van der Waals surface area (Å²) in [6.45, 7) is 5.31. The molecule has 1 atom stereocenters. The van der Waals surface area contributed by atoms with Gasteiger partial charge in [-0.25, -0.2) is 9.78 Å². The zero-order chi connectivity index (χ0) is 16.8. The van der Waals surface area contributed by atoms with Gasteiger partial charge in [0, 0.05) is 25.8 Å². The summed E-state index contributed by atoms with van der Waals surface area (Å²) in [5, 5.41) is 2.90. The molecule has 0 aliphatic carbocycles. The second-order valence-electron chi connectivity index (χ2n) is 5.90. The van der Waals surface area contributed by atoms with Crippen molar-refractivity contribution in [3.63, 3.8) is 0 Å². The smallest absolute Gasteiger partial charge is 0.411 e. The molecule has 1 aromatic heterocycles. The molecule has 0 bridgehead atoms. The molecule has 0 aromatic carbocycles. The molecule has 0 unspecified atom stereocenters. The monoisotopic (exact) mass is 337 g/mol. The van der Waals surface area contributed by atoms with E-state index in [1.807, 2.05) is 0 Å². The van der Waals surface area contributed by atoms with Gasteiger partial charge in [0.05, 0.1) is 31.8 Å². The SMILES string of the molecule is O=C(NCCCN1CCOCC1)[C@@H]1COC(=O)N1Cc1cnc[nH]1. The van der Waals surface area contributed by atoms with Gasteiger partial charge in [-0.3, -0.25) is 14.6 Å². The van der Waals surface area contributed by atoms with Crippen molar-refractivity contribution >= 4 is 12.0 Å². The van der Waals surface area contributed by atoms with E-state index >= 15 is 0 Å². The molecule has 3 rings (SSSR count). The van der Waals surface area contributed by atoms with Gasteiger partial charge in [-0.2, -0.15) is 0 Å². The molecule has 2 N–H and O–H groups in total. The summed E-state index contributed by atoms with van der Waals surface area (Å²) in [5.74, 6) is -0.178. The highest BCUT2D eigenvalue weighted by Crippen LogP contribution is 2.15. The van der Waals surface area contributed by atoms with Crippen LogP contribution >= 0.6 is 0 Å². The lowest BCUT2D eigenvalue weighted by Gasteiger charge is -2.26. The Labute approximate surface area is 140 Å². The third-order valence-corrected chi connectivity index (χ3v) is 4.23. The van der Waals surface area contributed by atoms with Crippen LogP contribution in [0.5, 0.6) is 0 Å². The number of rotatable bonds is 7. The summed E-state index contributed by atoms with van der Waals surface area (Å²) in [6, 6.07) is -0.593. The standard InChI is InChI=1S/C15H23N5O4/c21-14(17-2-1-3-19-4-6-23-7-5-19)13-10-24-15(22)20(13)9-12-8-16-11-18-12/h8,11,13H,1-7,9-10H2,(H,16,18)(H,17,21)/t13-/m0/s1. The van der Waals surface area contributed by atoms with Crippen molar-refractivity contribution in [1.82, 2.24) is 25.1 Å².